The molecular weight excluding hydrogens is 293 g/mol. The molecular formula is C16H11ClFNO2. The summed E-state index contributed by atoms with van der Waals surface area (Å²) in [7, 11) is 0. The van der Waals surface area contributed by atoms with Gasteiger partial charge in [-0.15, -0.1) is 0 Å². The van der Waals surface area contributed by atoms with Crippen LogP contribution in [0, 0.1) is 5.82 Å². The van der Waals surface area contributed by atoms with Gasteiger partial charge in [0.25, 0.3) is 0 Å². The molecule has 3 aromatic rings. The normalized spacial score (nSPS) is 10.8. The van der Waals surface area contributed by atoms with Crippen LogP contribution in [0.25, 0.3) is 10.9 Å². The van der Waals surface area contributed by atoms with Crippen LogP contribution >= 0.6 is 11.6 Å². The van der Waals surface area contributed by atoms with Crippen molar-refractivity contribution < 1.29 is 14.2 Å². The second kappa shape index (κ2) is 5.68. The van der Waals surface area contributed by atoms with Crippen molar-refractivity contribution >= 4 is 22.5 Å². The lowest BCUT2D eigenvalue weighted by Gasteiger charge is -2.10. The first-order valence-corrected chi connectivity index (χ1v) is 6.67. The zero-order valence-electron chi connectivity index (χ0n) is 10.9. The van der Waals surface area contributed by atoms with Gasteiger partial charge >= 0.3 is 0 Å². The summed E-state index contributed by atoms with van der Waals surface area (Å²) in [6.07, 6.45) is 0. The lowest BCUT2D eigenvalue weighted by Crippen LogP contribution is -1.94. The summed E-state index contributed by atoms with van der Waals surface area (Å²) in [5, 5.41) is 10.5. The van der Waals surface area contributed by atoms with E-state index in [1.54, 1.807) is 6.07 Å². The number of ether oxygens (including phenoxy) is 1. The monoisotopic (exact) mass is 303 g/mol. The summed E-state index contributed by atoms with van der Waals surface area (Å²) in [6.45, 7) is -0.128. The summed E-state index contributed by atoms with van der Waals surface area (Å²) >= 11 is 5.93. The largest absolute Gasteiger partial charge is 0.437 e. The Morgan fingerprint density at radius 3 is 2.71 bits per heavy atom. The van der Waals surface area contributed by atoms with Crippen LogP contribution in [0.15, 0.2) is 48.5 Å². The molecule has 5 heteroatoms. The number of hydrogen-bond acceptors (Lipinski definition) is 3. The number of rotatable bonds is 3. The van der Waals surface area contributed by atoms with E-state index in [1.165, 1.54) is 18.2 Å². The molecule has 0 aliphatic heterocycles. The molecule has 0 aliphatic rings. The number of hydrogen-bond donors (Lipinski definition) is 1. The molecule has 0 aliphatic carbocycles. The van der Waals surface area contributed by atoms with E-state index in [0.717, 1.165) is 5.39 Å². The van der Waals surface area contributed by atoms with Crippen LogP contribution < -0.4 is 4.74 Å². The van der Waals surface area contributed by atoms with Gasteiger partial charge in [-0.2, -0.15) is 0 Å². The molecule has 0 amide bonds. The molecule has 0 atom stereocenters. The average molecular weight is 304 g/mol. The number of benzene rings is 2. The standard InChI is InChI=1S/C16H11ClFNO2/c17-13-8-11(18)5-6-15(13)21-16-7-10(9-20)12-3-1-2-4-14(12)19-16/h1-8,20H,9H2. The number of pyridine rings is 1. The van der Waals surface area contributed by atoms with E-state index in [4.69, 9.17) is 16.3 Å². The third-order valence-electron chi connectivity index (χ3n) is 3.06. The highest BCUT2D eigenvalue weighted by molar-refractivity contribution is 6.32. The van der Waals surface area contributed by atoms with Crippen LogP contribution in [-0.4, -0.2) is 10.1 Å². The van der Waals surface area contributed by atoms with Crippen LogP contribution in [0.1, 0.15) is 5.56 Å². The second-order valence-electron chi connectivity index (χ2n) is 4.47. The Hall–Kier alpha value is -2.17. The minimum atomic E-state index is -0.435. The van der Waals surface area contributed by atoms with Crippen molar-refractivity contribution in [1.82, 2.24) is 4.98 Å². The van der Waals surface area contributed by atoms with Gasteiger partial charge in [-0.1, -0.05) is 29.8 Å². The molecule has 0 radical (unpaired) electrons. The highest BCUT2D eigenvalue weighted by atomic mass is 35.5. The fraction of sp³-hybridized carbons (Fsp3) is 0.0625. The van der Waals surface area contributed by atoms with Crippen LogP contribution in [-0.2, 0) is 6.61 Å². The predicted octanol–water partition coefficient (Wildman–Crippen LogP) is 4.31. The van der Waals surface area contributed by atoms with E-state index < -0.39 is 5.82 Å². The molecule has 0 bridgehead atoms. The Labute approximate surface area is 125 Å². The molecule has 1 heterocycles. The van der Waals surface area contributed by atoms with Gasteiger partial charge in [0.05, 0.1) is 17.1 Å². The van der Waals surface area contributed by atoms with Gasteiger partial charge in [0.15, 0.2) is 0 Å². The average Bonchev–Trinajstić information content (AvgIpc) is 2.49. The molecule has 0 saturated carbocycles. The second-order valence-corrected chi connectivity index (χ2v) is 4.88. The molecule has 0 fully saturated rings. The maximum absolute atomic E-state index is 13.0. The number of para-hydroxylation sites is 1. The molecule has 21 heavy (non-hydrogen) atoms. The first kappa shape index (κ1) is 13.8. The number of aliphatic hydroxyl groups is 1. The van der Waals surface area contributed by atoms with Crippen molar-refractivity contribution in [2.24, 2.45) is 0 Å². The van der Waals surface area contributed by atoms with Gasteiger partial charge in [0, 0.05) is 11.5 Å². The van der Waals surface area contributed by atoms with E-state index >= 15 is 0 Å². The molecule has 106 valence electrons. The molecule has 3 nitrogen and oxygen atoms in total. The molecule has 0 spiro atoms. The first-order chi connectivity index (χ1) is 10.2. The van der Waals surface area contributed by atoms with Crippen molar-refractivity contribution in [3.05, 3.63) is 64.9 Å². The predicted molar refractivity (Wildman–Crippen MR) is 79.1 cm³/mol. The Bertz CT molecular complexity index is 807. The van der Waals surface area contributed by atoms with Gasteiger partial charge in [-0.3, -0.25) is 0 Å². The summed E-state index contributed by atoms with van der Waals surface area (Å²) in [5.74, 6) is 0.172. The van der Waals surface area contributed by atoms with E-state index in [1.807, 2.05) is 24.3 Å². The zero-order chi connectivity index (χ0) is 14.8. The SMILES string of the molecule is OCc1cc(Oc2ccc(F)cc2Cl)nc2ccccc12. The highest BCUT2D eigenvalue weighted by Gasteiger charge is 2.09. The topological polar surface area (TPSA) is 42.4 Å². The highest BCUT2D eigenvalue weighted by Crippen LogP contribution is 2.31. The van der Waals surface area contributed by atoms with Gasteiger partial charge in [-0.05, 0) is 29.8 Å². The molecule has 2 aromatic carbocycles. The molecule has 1 N–H and O–H groups in total. The summed E-state index contributed by atoms with van der Waals surface area (Å²) in [4.78, 5) is 4.36. The van der Waals surface area contributed by atoms with Crippen LogP contribution in [0.3, 0.4) is 0 Å². The van der Waals surface area contributed by atoms with Gasteiger partial charge in [-0.25, -0.2) is 9.37 Å². The van der Waals surface area contributed by atoms with Crippen molar-refractivity contribution in [3.63, 3.8) is 0 Å². The first-order valence-electron chi connectivity index (χ1n) is 6.30. The van der Waals surface area contributed by atoms with Crippen LogP contribution in [0.4, 0.5) is 4.39 Å². The molecule has 3 rings (SSSR count). The van der Waals surface area contributed by atoms with E-state index in [2.05, 4.69) is 4.98 Å². The zero-order valence-corrected chi connectivity index (χ0v) is 11.6. The van der Waals surface area contributed by atoms with Crippen molar-refractivity contribution in [3.8, 4) is 11.6 Å². The maximum atomic E-state index is 13.0. The summed E-state index contributed by atoms with van der Waals surface area (Å²) in [5.41, 5.74) is 1.41. The smallest absolute Gasteiger partial charge is 0.220 e. The van der Waals surface area contributed by atoms with E-state index in [0.29, 0.717) is 22.7 Å². The lowest BCUT2D eigenvalue weighted by molar-refractivity contribution is 0.282. The van der Waals surface area contributed by atoms with E-state index in [9.17, 15) is 9.50 Å². The van der Waals surface area contributed by atoms with Gasteiger partial charge in [0.2, 0.25) is 5.88 Å². The maximum Gasteiger partial charge on any atom is 0.220 e. The Kier molecular flexibility index (Phi) is 3.73. The Morgan fingerprint density at radius 1 is 1.14 bits per heavy atom. The number of halogens is 2. The molecule has 1 aromatic heterocycles. The lowest BCUT2D eigenvalue weighted by atomic mass is 10.1. The van der Waals surface area contributed by atoms with Gasteiger partial charge in [0.1, 0.15) is 11.6 Å². The fourth-order valence-electron chi connectivity index (χ4n) is 2.07. The quantitative estimate of drug-likeness (QED) is 0.784. The third-order valence-corrected chi connectivity index (χ3v) is 3.35. The van der Waals surface area contributed by atoms with Crippen molar-refractivity contribution in [2.45, 2.75) is 6.61 Å². The van der Waals surface area contributed by atoms with Crippen LogP contribution in [0.5, 0.6) is 11.6 Å². The summed E-state index contributed by atoms with van der Waals surface area (Å²) < 4.78 is 18.6. The molecule has 0 unspecified atom stereocenters. The molecule has 0 saturated heterocycles. The summed E-state index contributed by atoms with van der Waals surface area (Å²) in [6, 6.07) is 12.9. The van der Waals surface area contributed by atoms with Crippen molar-refractivity contribution in [1.29, 1.82) is 0 Å². The number of fused-ring (bicyclic) bond motifs is 1. The minimum Gasteiger partial charge on any atom is -0.437 e. The Morgan fingerprint density at radius 2 is 1.95 bits per heavy atom. The minimum absolute atomic E-state index is 0.128. The third kappa shape index (κ3) is 2.82. The van der Waals surface area contributed by atoms with Crippen molar-refractivity contribution in [2.75, 3.05) is 0 Å². The van der Waals surface area contributed by atoms with Gasteiger partial charge < -0.3 is 9.84 Å². The number of nitrogens with zero attached hydrogens (tertiary/aromatic N) is 1. The number of aliphatic hydroxyl groups excluding tert-OH is 1. The van der Waals surface area contributed by atoms with Crippen LogP contribution in [0.2, 0.25) is 5.02 Å². The Balaban J connectivity index is 2.04. The fourth-order valence-corrected chi connectivity index (χ4v) is 2.28. The van der Waals surface area contributed by atoms with E-state index in [-0.39, 0.29) is 11.6 Å². The number of aromatic nitrogens is 1.